The maximum atomic E-state index is 6.04. The summed E-state index contributed by atoms with van der Waals surface area (Å²) >= 11 is 11.9. The molecular formula is C10H7Cl2N. The van der Waals surface area contributed by atoms with Crippen molar-refractivity contribution in [1.82, 2.24) is 4.98 Å². The van der Waals surface area contributed by atoms with Crippen LogP contribution in [0.5, 0.6) is 0 Å². The molecule has 66 valence electrons. The summed E-state index contributed by atoms with van der Waals surface area (Å²) in [5.74, 6) is 0. The lowest BCUT2D eigenvalue weighted by Gasteiger charge is -2.02. The van der Waals surface area contributed by atoms with Crippen LogP contribution in [0.3, 0.4) is 0 Å². The highest BCUT2D eigenvalue weighted by Gasteiger charge is 2.05. The van der Waals surface area contributed by atoms with Gasteiger partial charge in [-0.05, 0) is 12.1 Å². The van der Waals surface area contributed by atoms with Crippen LogP contribution in [0, 0.1) is 0 Å². The molecule has 0 aliphatic heterocycles. The molecule has 0 saturated carbocycles. The normalized spacial score (nSPS) is 10.3. The Balaban J connectivity index is 2.59. The maximum absolute atomic E-state index is 6.04. The Labute approximate surface area is 86.3 Å². The molecule has 0 saturated heterocycles. The van der Waals surface area contributed by atoms with Crippen molar-refractivity contribution in [2.24, 2.45) is 0 Å². The number of hydrogen-bond acceptors (Lipinski definition) is 0. The highest BCUT2D eigenvalue weighted by atomic mass is 35.5. The van der Waals surface area contributed by atoms with Gasteiger partial charge in [0.1, 0.15) is 0 Å². The van der Waals surface area contributed by atoms with E-state index in [1.54, 1.807) is 6.07 Å². The van der Waals surface area contributed by atoms with Gasteiger partial charge in [-0.15, -0.1) is 0 Å². The second-order valence-corrected chi connectivity index (χ2v) is 3.49. The number of aromatic amines is 1. The Morgan fingerprint density at radius 3 is 2.62 bits per heavy atom. The SMILES string of the molecule is Clc1cccc(-c2cc[nH]c2)c1Cl. The summed E-state index contributed by atoms with van der Waals surface area (Å²) in [6.45, 7) is 0. The number of aromatic nitrogens is 1. The molecule has 0 atom stereocenters. The van der Waals surface area contributed by atoms with Crippen LogP contribution < -0.4 is 0 Å². The number of H-pyrrole nitrogens is 1. The van der Waals surface area contributed by atoms with E-state index in [0.717, 1.165) is 11.1 Å². The molecule has 0 fully saturated rings. The molecule has 13 heavy (non-hydrogen) atoms. The van der Waals surface area contributed by atoms with E-state index < -0.39 is 0 Å². The third-order valence-electron chi connectivity index (χ3n) is 1.86. The quantitative estimate of drug-likeness (QED) is 0.735. The van der Waals surface area contributed by atoms with Crippen molar-refractivity contribution >= 4 is 23.2 Å². The molecule has 0 aliphatic rings. The van der Waals surface area contributed by atoms with Gasteiger partial charge >= 0.3 is 0 Å². The maximum Gasteiger partial charge on any atom is 0.0671 e. The number of rotatable bonds is 1. The molecule has 0 spiro atoms. The van der Waals surface area contributed by atoms with Crippen molar-refractivity contribution in [3.8, 4) is 11.1 Å². The molecule has 0 amide bonds. The number of benzene rings is 1. The lowest BCUT2D eigenvalue weighted by molar-refractivity contribution is 1.41. The predicted octanol–water partition coefficient (Wildman–Crippen LogP) is 3.99. The molecule has 1 aromatic heterocycles. The fourth-order valence-corrected chi connectivity index (χ4v) is 1.63. The average molecular weight is 212 g/mol. The topological polar surface area (TPSA) is 15.8 Å². The minimum Gasteiger partial charge on any atom is -0.367 e. The molecule has 1 heterocycles. The average Bonchev–Trinajstić information content (AvgIpc) is 2.62. The molecule has 2 rings (SSSR count). The lowest BCUT2D eigenvalue weighted by atomic mass is 10.1. The molecule has 3 heteroatoms. The summed E-state index contributed by atoms with van der Waals surface area (Å²) in [5.41, 5.74) is 2.00. The standard InChI is InChI=1S/C10H7Cl2N/c11-9-3-1-2-8(10(9)12)7-4-5-13-6-7/h1-6,13H. The minimum atomic E-state index is 0.584. The summed E-state index contributed by atoms with van der Waals surface area (Å²) in [5, 5.41) is 1.18. The third kappa shape index (κ3) is 1.58. The second-order valence-electron chi connectivity index (χ2n) is 2.70. The Morgan fingerprint density at radius 1 is 1.08 bits per heavy atom. The fraction of sp³-hybridized carbons (Fsp3) is 0. The molecule has 0 radical (unpaired) electrons. The summed E-state index contributed by atoms with van der Waals surface area (Å²) in [6.07, 6.45) is 3.74. The summed E-state index contributed by atoms with van der Waals surface area (Å²) < 4.78 is 0. The lowest BCUT2D eigenvalue weighted by Crippen LogP contribution is -1.76. The molecule has 1 nitrogen and oxygen atoms in total. The van der Waals surface area contributed by atoms with Crippen molar-refractivity contribution in [3.63, 3.8) is 0 Å². The van der Waals surface area contributed by atoms with Gasteiger partial charge in [0.25, 0.3) is 0 Å². The van der Waals surface area contributed by atoms with E-state index in [4.69, 9.17) is 23.2 Å². The second kappa shape index (κ2) is 3.44. The Morgan fingerprint density at radius 2 is 1.92 bits per heavy atom. The van der Waals surface area contributed by atoms with Crippen LogP contribution in [0.2, 0.25) is 10.0 Å². The minimum absolute atomic E-state index is 0.584. The van der Waals surface area contributed by atoms with Crippen molar-refractivity contribution in [2.75, 3.05) is 0 Å². The van der Waals surface area contributed by atoms with Gasteiger partial charge in [-0.2, -0.15) is 0 Å². The molecule has 0 aliphatic carbocycles. The number of halogens is 2. The molecule has 1 aromatic carbocycles. The van der Waals surface area contributed by atoms with E-state index in [9.17, 15) is 0 Å². The van der Waals surface area contributed by atoms with Crippen LogP contribution in [-0.4, -0.2) is 4.98 Å². The van der Waals surface area contributed by atoms with Gasteiger partial charge in [0, 0.05) is 23.5 Å². The van der Waals surface area contributed by atoms with Crippen LogP contribution in [0.25, 0.3) is 11.1 Å². The zero-order valence-electron chi connectivity index (χ0n) is 6.72. The van der Waals surface area contributed by atoms with Crippen LogP contribution >= 0.6 is 23.2 Å². The van der Waals surface area contributed by atoms with Gasteiger partial charge in [0.15, 0.2) is 0 Å². The Kier molecular flexibility index (Phi) is 2.30. The highest BCUT2D eigenvalue weighted by molar-refractivity contribution is 6.43. The van der Waals surface area contributed by atoms with Crippen LogP contribution in [0.15, 0.2) is 36.7 Å². The molecular weight excluding hydrogens is 205 g/mol. The smallest absolute Gasteiger partial charge is 0.0671 e. The van der Waals surface area contributed by atoms with Gasteiger partial charge in [-0.1, -0.05) is 35.3 Å². The van der Waals surface area contributed by atoms with Gasteiger partial charge in [0.2, 0.25) is 0 Å². The first-order valence-electron chi connectivity index (χ1n) is 3.86. The highest BCUT2D eigenvalue weighted by Crippen LogP contribution is 2.32. The van der Waals surface area contributed by atoms with Crippen molar-refractivity contribution in [1.29, 1.82) is 0 Å². The first-order valence-corrected chi connectivity index (χ1v) is 4.62. The van der Waals surface area contributed by atoms with Crippen molar-refractivity contribution < 1.29 is 0 Å². The fourth-order valence-electron chi connectivity index (χ4n) is 1.22. The first kappa shape index (κ1) is 8.67. The van der Waals surface area contributed by atoms with E-state index in [1.165, 1.54) is 0 Å². The van der Waals surface area contributed by atoms with Crippen LogP contribution in [0.4, 0.5) is 0 Å². The van der Waals surface area contributed by atoms with Crippen LogP contribution in [0.1, 0.15) is 0 Å². The van der Waals surface area contributed by atoms with Gasteiger partial charge in [-0.3, -0.25) is 0 Å². The van der Waals surface area contributed by atoms with Crippen molar-refractivity contribution in [2.45, 2.75) is 0 Å². The molecule has 0 bridgehead atoms. The van der Waals surface area contributed by atoms with E-state index in [1.807, 2.05) is 30.6 Å². The van der Waals surface area contributed by atoms with E-state index >= 15 is 0 Å². The van der Waals surface area contributed by atoms with Gasteiger partial charge in [0.05, 0.1) is 10.0 Å². The Hall–Kier alpha value is -0.920. The molecule has 0 unspecified atom stereocenters. The summed E-state index contributed by atoms with van der Waals surface area (Å²) in [4.78, 5) is 2.97. The van der Waals surface area contributed by atoms with Gasteiger partial charge < -0.3 is 4.98 Å². The van der Waals surface area contributed by atoms with Gasteiger partial charge in [-0.25, -0.2) is 0 Å². The number of hydrogen-bond donors (Lipinski definition) is 1. The summed E-state index contributed by atoms with van der Waals surface area (Å²) in [6, 6.07) is 7.56. The largest absolute Gasteiger partial charge is 0.367 e. The monoisotopic (exact) mass is 211 g/mol. The third-order valence-corrected chi connectivity index (χ3v) is 2.68. The van der Waals surface area contributed by atoms with E-state index in [-0.39, 0.29) is 0 Å². The predicted molar refractivity (Wildman–Crippen MR) is 56.2 cm³/mol. The number of nitrogens with one attached hydrogen (secondary N) is 1. The van der Waals surface area contributed by atoms with E-state index in [0.29, 0.717) is 10.0 Å². The summed E-state index contributed by atoms with van der Waals surface area (Å²) in [7, 11) is 0. The zero-order valence-corrected chi connectivity index (χ0v) is 8.23. The zero-order chi connectivity index (χ0) is 9.26. The molecule has 1 N–H and O–H groups in total. The first-order chi connectivity index (χ1) is 6.29. The van der Waals surface area contributed by atoms with Crippen LogP contribution in [-0.2, 0) is 0 Å². The van der Waals surface area contributed by atoms with E-state index in [2.05, 4.69) is 4.98 Å². The Bertz CT molecular complexity index is 407. The molecule has 2 aromatic rings. The van der Waals surface area contributed by atoms with Crippen molar-refractivity contribution in [3.05, 3.63) is 46.7 Å².